The van der Waals surface area contributed by atoms with Crippen molar-refractivity contribution in [2.75, 3.05) is 25.6 Å². The van der Waals surface area contributed by atoms with Gasteiger partial charge in [0.2, 0.25) is 11.8 Å². The number of carbonyl (C=O) groups is 2. The lowest BCUT2D eigenvalue weighted by atomic mass is 9.77. The molecule has 0 aliphatic heterocycles. The van der Waals surface area contributed by atoms with Crippen LogP contribution in [0.4, 0.5) is 0 Å². The molecule has 2 saturated carbocycles. The first-order chi connectivity index (χ1) is 12.2. The third kappa shape index (κ3) is 5.98. The van der Waals surface area contributed by atoms with E-state index in [1.165, 1.54) is 6.42 Å². The average Bonchev–Trinajstić information content (AvgIpc) is 2.55. The molecular formula is C19H35N3O3S. The molecule has 3 N–H and O–H groups in total. The van der Waals surface area contributed by atoms with Crippen molar-refractivity contribution in [3.63, 3.8) is 0 Å². The highest BCUT2D eigenvalue weighted by Crippen LogP contribution is 2.32. The van der Waals surface area contributed by atoms with Crippen LogP contribution in [0, 0.1) is 11.8 Å². The molecule has 2 atom stereocenters. The van der Waals surface area contributed by atoms with E-state index < -0.39 is 15.6 Å². The number of rotatable bonds is 8. The van der Waals surface area contributed by atoms with Crippen LogP contribution in [0.2, 0.25) is 0 Å². The lowest BCUT2D eigenvalue weighted by Crippen LogP contribution is -2.52. The normalized spacial score (nSPS) is 27.0. The molecule has 0 aromatic rings. The summed E-state index contributed by atoms with van der Waals surface area (Å²) >= 11 is 0. The standard InChI is InChI=1S/C19H35N3O3S/c1-22(16-6-4-7-16)19(24)17(20)14-8-10-15(11-9-14)18(23)21-12-5-13-26(2,3)25/h14-17H,2,4-13,20H2,1,3H3,(H,21,23)/t14?,15?,17-,26?/m0/s1. The summed E-state index contributed by atoms with van der Waals surface area (Å²) in [5.41, 5.74) is 6.24. The fourth-order valence-corrected chi connectivity index (χ4v) is 4.62. The van der Waals surface area contributed by atoms with Crippen LogP contribution in [0.15, 0.2) is 0 Å². The van der Waals surface area contributed by atoms with Gasteiger partial charge in [-0.05, 0) is 72.7 Å². The predicted molar refractivity (Wildman–Crippen MR) is 108 cm³/mol. The maximum absolute atomic E-state index is 12.5. The number of nitrogens with zero attached hydrogens (tertiary/aromatic N) is 1. The van der Waals surface area contributed by atoms with Gasteiger partial charge in [-0.1, -0.05) is 0 Å². The summed E-state index contributed by atoms with van der Waals surface area (Å²) in [5, 5.41) is 2.94. The highest BCUT2D eigenvalue weighted by molar-refractivity contribution is 7.99. The fraction of sp³-hybridized carbons (Fsp3) is 0.842. The molecule has 2 aliphatic carbocycles. The van der Waals surface area contributed by atoms with Crippen molar-refractivity contribution >= 4 is 27.2 Å². The monoisotopic (exact) mass is 385 g/mol. The molecule has 2 rings (SSSR count). The second-order valence-corrected chi connectivity index (χ2v) is 11.0. The molecule has 0 aromatic carbocycles. The van der Waals surface area contributed by atoms with Gasteiger partial charge >= 0.3 is 0 Å². The van der Waals surface area contributed by atoms with E-state index >= 15 is 0 Å². The van der Waals surface area contributed by atoms with Gasteiger partial charge in [0.05, 0.1) is 6.04 Å². The molecule has 0 radical (unpaired) electrons. The Hall–Kier alpha value is -1.08. The minimum Gasteiger partial charge on any atom is -0.356 e. The number of hydrogen-bond donors (Lipinski definition) is 2. The Morgan fingerprint density at radius 3 is 2.35 bits per heavy atom. The highest BCUT2D eigenvalue weighted by Gasteiger charge is 2.35. The number of nitrogens with one attached hydrogen (secondary N) is 1. The SMILES string of the molecule is C=S(C)(=O)CCCNC(=O)C1CCC([C@H](N)C(=O)N(C)C2CCC2)CC1. The lowest BCUT2D eigenvalue weighted by molar-refractivity contribution is -0.136. The molecular weight excluding hydrogens is 350 g/mol. The number of likely N-dealkylation sites (N-methyl/N-ethyl adjacent to an activating group) is 1. The maximum Gasteiger partial charge on any atom is 0.239 e. The van der Waals surface area contributed by atoms with Crippen LogP contribution in [0.25, 0.3) is 0 Å². The molecule has 0 spiro atoms. The Labute approximate surface area is 158 Å². The van der Waals surface area contributed by atoms with Crippen LogP contribution in [-0.2, 0) is 19.1 Å². The fourth-order valence-electron chi connectivity index (χ4n) is 3.86. The number of amides is 2. The molecule has 0 heterocycles. The van der Waals surface area contributed by atoms with E-state index in [1.807, 2.05) is 11.9 Å². The Morgan fingerprint density at radius 2 is 1.85 bits per heavy atom. The highest BCUT2D eigenvalue weighted by atomic mass is 32.2. The largest absolute Gasteiger partial charge is 0.356 e. The van der Waals surface area contributed by atoms with E-state index in [4.69, 9.17) is 5.73 Å². The zero-order chi connectivity index (χ0) is 19.3. The zero-order valence-electron chi connectivity index (χ0n) is 16.2. The molecule has 0 bridgehead atoms. The molecule has 26 heavy (non-hydrogen) atoms. The second-order valence-electron chi connectivity index (χ2n) is 8.20. The van der Waals surface area contributed by atoms with E-state index in [0.717, 1.165) is 38.5 Å². The molecule has 6 nitrogen and oxygen atoms in total. The first-order valence-corrected chi connectivity index (χ1v) is 12.1. The quantitative estimate of drug-likeness (QED) is 0.481. The topological polar surface area (TPSA) is 92.5 Å². The van der Waals surface area contributed by atoms with Crippen molar-refractivity contribution in [1.29, 1.82) is 0 Å². The van der Waals surface area contributed by atoms with Gasteiger partial charge in [0, 0.05) is 37.6 Å². The Morgan fingerprint density at radius 1 is 1.23 bits per heavy atom. The number of nitrogens with two attached hydrogens (primary N) is 1. The molecule has 150 valence electrons. The summed E-state index contributed by atoms with van der Waals surface area (Å²) in [7, 11) is -0.118. The van der Waals surface area contributed by atoms with Gasteiger partial charge in [0.1, 0.15) is 0 Å². The summed E-state index contributed by atoms with van der Waals surface area (Å²) in [6, 6.07) is -0.0776. The third-order valence-corrected chi connectivity index (χ3v) is 7.11. The molecule has 7 heteroatoms. The van der Waals surface area contributed by atoms with Gasteiger partial charge in [-0.25, -0.2) is 0 Å². The van der Waals surface area contributed by atoms with E-state index in [1.54, 1.807) is 6.26 Å². The van der Waals surface area contributed by atoms with E-state index in [2.05, 4.69) is 11.2 Å². The number of hydrogen-bond acceptors (Lipinski definition) is 4. The van der Waals surface area contributed by atoms with Crippen molar-refractivity contribution in [1.82, 2.24) is 10.2 Å². The van der Waals surface area contributed by atoms with Crippen molar-refractivity contribution in [3.05, 3.63) is 0 Å². The van der Waals surface area contributed by atoms with Gasteiger partial charge in [-0.2, -0.15) is 0 Å². The Kier molecular flexibility index (Phi) is 7.52. The summed E-state index contributed by atoms with van der Waals surface area (Å²) in [5.74, 6) is 4.45. The Balaban J connectivity index is 1.70. The molecule has 0 saturated heterocycles. The zero-order valence-corrected chi connectivity index (χ0v) is 17.1. The first-order valence-electron chi connectivity index (χ1n) is 9.79. The van der Waals surface area contributed by atoms with E-state index in [-0.39, 0.29) is 23.7 Å². The van der Waals surface area contributed by atoms with Crippen LogP contribution in [0.3, 0.4) is 0 Å². The van der Waals surface area contributed by atoms with Gasteiger partial charge < -0.3 is 16.0 Å². The van der Waals surface area contributed by atoms with Gasteiger partial charge in [-0.15, -0.1) is 0 Å². The van der Waals surface area contributed by atoms with Crippen LogP contribution >= 0.6 is 0 Å². The van der Waals surface area contributed by atoms with Gasteiger partial charge in [-0.3, -0.25) is 13.8 Å². The predicted octanol–water partition coefficient (Wildman–Crippen LogP) is 0.984. The minimum absolute atomic E-state index is 0.00338. The van der Waals surface area contributed by atoms with Crippen molar-refractivity contribution < 1.29 is 13.8 Å². The third-order valence-electron chi connectivity index (χ3n) is 5.96. The number of carbonyl (C=O) groups excluding carboxylic acids is 2. The van der Waals surface area contributed by atoms with Crippen LogP contribution in [-0.4, -0.2) is 64.5 Å². The lowest BCUT2D eigenvalue weighted by Gasteiger charge is -2.38. The molecule has 2 aliphatic rings. The van der Waals surface area contributed by atoms with Gasteiger partial charge in [0.15, 0.2) is 0 Å². The summed E-state index contributed by atoms with van der Waals surface area (Å²) < 4.78 is 11.5. The summed E-state index contributed by atoms with van der Waals surface area (Å²) in [6.45, 7) is 0.545. The maximum atomic E-state index is 12.5. The first kappa shape index (κ1) is 21.2. The van der Waals surface area contributed by atoms with Gasteiger partial charge in [0.25, 0.3) is 0 Å². The summed E-state index contributed by atoms with van der Waals surface area (Å²) in [6.07, 6.45) is 8.91. The van der Waals surface area contributed by atoms with Crippen LogP contribution < -0.4 is 11.1 Å². The van der Waals surface area contributed by atoms with Crippen molar-refractivity contribution in [3.8, 4) is 0 Å². The van der Waals surface area contributed by atoms with E-state index in [9.17, 15) is 13.8 Å². The van der Waals surface area contributed by atoms with Crippen LogP contribution in [0.1, 0.15) is 51.4 Å². The average molecular weight is 386 g/mol. The minimum atomic E-state index is -1.98. The molecule has 1 unspecified atom stereocenters. The van der Waals surface area contributed by atoms with Crippen molar-refractivity contribution in [2.24, 2.45) is 17.6 Å². The smallest absolute Gasteiger partial charge is 0.239 e. The van der Waals surface area contributed by atoms with E-state index in [0.29, 0.717) is 24.8 Å². The molecule has 2 fully saturated rings. The van der Waals surface area contributed by atoms with Crippen LogP contribution in [0.5, 0.6) is 0 Å². The second kappa shape index (κ2) is 9.22. The van der Waals surface area contributed by atoms with Crippen molar-refractivity contribution in [2.45, 2.75) is 63.5 Å². The summed E-state index contributed by atoms with van der Waals surface area (Å²) in [4.78, 5) is 26.6. The Bertz CT molecular complexity index is 593. The molecule has 2 amide bonds. The molecule has 0 aromatic heterocycles.